The summed E-state index contributed by atoms with van der Waals surface area (Å²) in [5, 5.41) is 3.86. The van der Waals surface area contributed by atoms with Crippen molar-refractivity contribution in [3.05, 3.63) is 18.0 Å². The molecule has 1 aliphatic carbocycles. The summed E-state index contributed by atoms with van der Waals surface area (Å²) < 4.78 is 4.74. The van der Waals surface area contributed by atoms with Crippen LogP contribution >= 0.6 is 0 Å². The van der Waals surface area contributed by atoms with Crippen molar-refractivity contribution in [1.82, 2.24) is 5.16 Å². The summed E-state index contributed by atoms with van der Waals surface area (Å²) in [5.74, 6) is 5.00. The van der Waals surface area contributed by atoms with E-state index < -0.39 is 0 Å². The molecule has 0 aliphatic heterocycles. The van der Waals surface area contributed by atoms with Crippen LogP contribution in [0.15, 0.2) is 16.9 Å². The van der Waals surface area contributed by atoms with Gasteiger partial charge >= 0.3 is 0 Å². The Balaban J connectivity index is 2.15. The fraction of sp³-hybridized carbons (Fsp3) is 0.571. The van der Waals surface area contributed by atoms with Crippen LogP contribution in [-0.4, -0.2) is 11.8 Å². The summed E-state index contributed by atoms with van der Waals surface area (Å²) in [6, 6.07) is 1.87. The Hall–Kier alpha value is -0.870. The van der Waals surface area contributed by atoms with Gasteiger partial charge in [0.25, 0.3) is 0 Å². The summed E-state index contributed by atoms with van der Waals surface area (Å²) >= 11 is 0. The molecule has 1 fully saturated rings. The zero-order valence-corrected chi connectivity index (χ0v) is 6.12. The molecule has 0 aromatic carbocycles. The maximum absolute atomic E-state index is 5.00. The minimum absolute atomic E-state index is 0.0712. The Labute approximate surface area is 64.3 Å². The molecule has 0 bridgehead atoms. The lowest BCUT2D eigenvalue weighted by Gasteiger charge is -2.07. The SMILES string of the molecule is NOCC1(c2ccon2)CC1. The van der Waals surface area contributed by atoms with E-state index in [2.05, 4.69) is 9.99 Å². The van der Waals surface area contributed by atoms with Crippen LogP contribution in [0.3, 0.4) is 0 Å². The molecule has 1 aromatic rings. The van der Waals surface area contributed by atoms with Crippen molar-refractivity contribution in [2.24, 2.45) is 5.90 Å². The number of aromatic nitrogens is 1. The zero-order chi connectivity index (χ0) is 7.73. The Morgan fingerprint density at radius 3 is 3.00 bits per heavy atom. The summed E-state index contributed by atoms with van der Waals surface area (Å²) in [6.45, 7) is 0.541. The van der Waals surface area contributed by atoms with Gasteiger partial charge in [0, 0.05) is 11.5 Å². The third kappa shape index (κ3) is 1.04. The van der Waals surface area contributed by atoms with Crippen LogP contribution in [0, 0.1) is 0 Å². The summed E-state index contributed by atoms with van der Waals surface area (Å²) in [6.07, 6.45) is 3.76. The highest BCUT2D eigenvalue weighted by Gasteiger charge is 2.46. The molecule has 60 valence electrons. The van der Waals surface area contributed by atoms with E-state index in [-0.39, 0.29) is 5.41 Å². The van der Waals surface area contributed by atoms with E-state index in [1.165, 1.54) is 0 Å². The van der Waals surface area contributed by atoms with Gasteiger partial charge in [-0.2, -0.15) is 0 Å². The quantitative estimate of drug-likeness (QED) is 0.647. The van der Waals surface area contributed by atoms with Gasteiger partial charge in [0.2, 0.25) is 0 Å². The lowest BCUT2D eigenvalue weighted by atomic mass is 10.1. The van der Waals surface area contributed by atoms with Crippen LogP contribution in [0.1, 0.15) is 18.5 Å². The minimum atomic E-state index is 0.0712. The average molecular weight is 154 g/mol. The molecule has 0 unspecified atom stereocenters. The predicted molar refractivity (Wildman–Crippen MR) is 37.6 cm³/mol. The van der Waals surface area contributed by atoms with Crippen molar-refractivity contribution in [3.8, 4) is 0 Å². The first-order valence-corrected chi connectivity index (χ1v) is 3.60. The van der Waals surface area contributed by atoms with E-state index in [4.69, 9.17) is 10.4 Å². The molecular weight excluding hydrogens is 144 g/mol. The maximum Gasteiger partial charge on any atom is 0.124 e. The number of hydrogen-bond donors (Lipinski definition) is 1. The van der Waals surface area contributed by atoms with Gasteiger partial charge in [-0.1, -0.05) is 5.16 Å². The van der Waals surface area contributed by atoms with Gasteiger partial charge in [0.05, 0.1) is 12.3 Å². The molecule has 11 heavy (non-hydrogen) atoms. The molecule has 0 spiro atoms. The molecule has 4 nitrogen and oxygen atoms in total. The molecule has 0 saturated heterocycles. The molecule has 1 aliphatic rings. The fourth-order valence-electron chi connectivity index (χ4n) is 1.27. The molecule has 1 saturated carbocycles. The first kappa shape index (κ1) is 6.82. The van der Waals surface area contributed by atoms with Gasteiger partial charge < -0.3 is 9.36 Å². The Bertz CT molecular complexity index is 229. The predicted octanol–water partition coefficient (Wildman–Crippen LogP) is 0.597. The second-order valence-corrected chi connectivity index (χ2v) is 2.98. The van der Waals surface area contributed by atoms with Gasteiger partial charge in [-0.15, -0.1) is 0 Å². The van der Waals surface area contributed by atoms with Crippen molar-refractivity contribution in [2.75, 3.05) is 6.61 Å². The first-order chi connectivity index (χ1) is 5.37. The van der Waals surface area contributed by atoms with Gasteiger partial charge in [0.15, 0.2) is 0 Å². The third-order valence-corrected chi connectivity index (χ3v) is 2.19. The molecule has 0 amide bonds. The average Bonchev–Trinajstić information content (AvgIpc) is 2.63. The normalized spacial score (nSPS) is 20.1. The van der Waals surface area contributed by atoms with Crippen LogP contribution in [0.2, 0.25) is 0 Å². The van der Waals surface area contributed by atoms with E-state index in [1.807, 2.05) is 6.07 Å². The smallest absolute Gasteiger partial charge is 0.124 e. The lowest BCUT2D eigenvalue weighted by molar-refractivity contribution is 0.114. The highest BCUT2D eigenvalue weighted by atomic mass is 16.6. The van der Waals surface area contributed by atoms with Gasteiger partial charge in [-0.3, -0.25) is 0 Å². The topological polar surface area (TPSA) is 61.3 Å². The molecule has 1 aromatic heterocycles. The standard InChI is InChI=1S/C7H10N2O2/c8-10-5-7(2-3-7)6-1-4-11-9-6/h1,4H,2-3,5,8H2. The van der Waals surface area contributed by atoms with Crippen LogP contribution in [0.25, 0.3) is 0 Å². The first-order valence-electron chi connectivity index (χ1n) is 3.60. The molecular formula is C7H10N2O2. The minimum Gasteiger partial charge on any atom is -0.364 e. The van der Waals surface area contributed by atoms with Crippen molar-refractivity contribution in [3.63, 3.8) is 0 Å². The third-order valence-electron chi connectivity index (χ3n) is 2.19. The number of nitrogens with zero attached hydrogens (tertiary/aromatic N) is 1. The van der Waals surface area contributed by atoms with Gasteiger partial charge in [0.1, 0.15) is 6.26 Å². The number of hydrogen-bond acceptors (Lipinski definition) is 4. The highest BCUT2D eigenvalue weighted by Crippen LogP contribution is 2.47. The lowest BCUT2D eigenvalue weighted by Crippen LogP contribution is -2.18. The second kappa shape index (κ2) is 2.32. The highest BCUT2D eigenvalue weighted by molar-refractivity contribution is 5.22. The van der Waals surface area contributed by atoms with Crippen molar-refractivity contribution in [1.29, 1.82) is 0 Å². The molecule has 2 N–H and O–H groups in total. The summed E-state index contributed by atoms with van der Waals surface area (Å²) in [7, 11) is 0. The van der Waals surface area contributed by atoms with Crippen LogP contribution in [0.5, 0.6) is 0 Å². The Morgan fingerprint density at radius 1 is 1.73 bits per heavy atom. The number of nitrogens with two attached hydrogens (primary N) is 1. The summed E-state index contributed by atoms with van der Waals surface area (Å²) in [5.41, 5.74) is 1.03. The van der Waals surface area contributed by atoms with Gasteiger partial charge in [-0.25, -0.2) is 5.90 Å². The van der Waals surface area contributed by atoms with Crippen LogP contribution in [0.4, 0.5) is 0 Å². The van der Waals surface area contributed by atoms with E-state index in [1.54, 1.807) is 6.26 Å². The Kier molecular flexibility index (Phi) is 1.44. The molecule has 0 atom stereocenters. The van der Waals surface area contributed by atoms with Crippen LogP contribution in [-0.2, 0) is 10.3 Å². The fourth-order valence-corrected chi connectivity index (χ4v) is 1.27. The molecule has 4 heteroatoms. The maximum atomic E-state index is 5.00. The zero-order valence-electron chi connectivity index (χ0n) is 6.12. The summed E-state index contributed by atoms with van der Waals surface area (Å²) in [4.78, 5) is 4.61. The van der Waals surface area contributed by atoms with Crippen molar-refractivity contribution in [2.45, 2.75) is 18.3 Å². The monoisotopic (exact) mass is 154 g/mol. The molecule has 1 heterocycles. The van der Waals surface area contributed by atoms with Crippen molar-refractivity contribution >= 4 is 0 Å². The van der Waals surface area contributed by atoms with Crippen LogP contribution < -0.4 is 5.90 Å². The second-order valence-electron chi connectivity index (χ2n) is 2.98. The van der Waals surface area contributed by atoms with E-state index >= 15 is 0 Å². The largest absolute Gasteiger partial charge is 0.364 e. The molecule has 0 radical (unpaired) electrons. The van der Waals surface area contributed by atoms with Crippen molar-refractivity contribution < 1.29 is 9.36 Å². The van der Waals surface area contributed by atoms with E-state index in [0.717, 1.165) is 18.5 Å². The Morgan fingerprint density at radius 2 is 2.55 bits per heavy atom. The number of rotatable bonds is 3. The van der Waals surface area contributed by atoms with E-state index in [9.17, 15) is 0 Å². The molecule has 2 rings (SSSR count). The van der Waals surface area contributed by atoms with Gasteiger partial charge in [-0.05, 0) is 12.8 Å². The van der Waals surface area contributed by atoms with E-state index in [0.29, 0.717) is 6.61 Å².